The van der Waals surface area contributed by atoms with Gasteiger partial charge in [0, 0.05) is 51.6 Å². The van der Waals surface area contributed by atoms with Gasteiger partial charge in [0.2, 0.25) is 5.95 Å². The number of ether oxygens (including phenoxy) is 1. The summed E-state index contributed by atoms with van der Waals surface area (Å²) in [5, 5.41) is 13.9. The molecule has 3 aliphatic rings. The van der Waals surface area contributed by atoms with Gasteiger partial charge in [0.1, 0.15) is 17.2 Å². The number of likely N-dealkylation sites (tertiary alicyclic amines) is 1. The summed E-state index contributed by atoms with van der Waals surface area (Å²) in [6.45, 7) is 8.04. The Morgan fingerprint density at radius 2 is 1.91 bits per heavy atom. The number of amides is 3. The number of carbonyl (C=O) groups excluding carboxylic acids is 2. The molecule has 13 nitrogen and oxygen atoms in total. The van der Waals surface area contributed by atoms with Crippen molar-refractivity contribution in [3.05, 3.63) is 41.9 Å². The van der Waals surface area contributed by atoms with Crippen LogP contribution in [0.15, 0.2) is 30.6 Å². The van der Waals surface area contributed by atoms with Crippen LogP contribution in [-0.4, -0.2) is 109 Å². The Morgan fingerprint density at radius 1 is 1.11 bits per heavy atom. The number of hydrogen-bond acceptors (Lipinski definition) is 8. The number of carbonyl (C=O) groups is 3. The molecular formula is C31H40N8O5. The Hall–Kier alpha value is -4.26. The van der Waals surface area contributed by atoms with Crippen LogP contribution >= 0.6 is 0 Å². The van der Waals surface area contributed by atoms with E-state index in [0.29, 0.717) is 55.0 Å². The average molecular weight is 605 g/mol. The van der Waals surface area contributed by atoms with Gasteiger partial charge >= 0.3 is 6.09 Å². The highest BCUT2D eigenvalue weighted by atomic mass is 16.5. The SMILES string of the molecule is CN(C)C(=O)c1cc2cnc(Nc3ccc(C(=O)N4CC5CCC(C(C)(C)C)(C4)N5C(=O)O)cn3)nc2n1C1CCCOC1. The normalized spacial score (nSPS) is 23.6. The zero-order valence-electron chi connectivity index (χ0n) is 25.9. The lowest BCUT2D eigenvalue weighted by Crippen LogP contribution is -2.68. The zero-order valence-corrected chi connectivity index (χ0v) is 25.9. The molecule has 44 heavy (non-hydrogen) atoms. The quantitative estimate of drug-likeness (QED) is 0.441. The number of fused-ring (bicyclic) bond motifs is 3. The molecule has 6 heterocycles. The standard InChI is InChI=1S/C31H40N8O5/c1-30(2,3)31-11-10-21(39(31)29(42)43)16-37(18-31)26(40)19-8-9-24(32-14-19)34-28-33-15-20-13-23(27(41)36(4)5)38(25(20)35-28)22-7-6-12-44-17-22/h8-9,13-15,21-22H,6-7,10-12,16-18H2,1-5H3,(H,42,43)(H,32,33,34,35). The van der Waals surface area contributed by atoms with E-state index in [1.165, 1.54) is 6.20 Å². The summed E-state index contributed by atoms with van der Waals surface area (Å²) >= 11 is 0. The number of carboxylic acid groups (broad SMARTS) is 1. The van der Waals surface area contributed by atoms with E-state index < -0.39 is 11.6 Å². The molecule has 0 radical (unpaired) electrons. The summed E-state index contributed by atoms with van der Waals surface area (Å²) in [6.07, 6.45) is 5.53. The monoisotopic (exact) mass is 604 g/mol. The molecule has 13 heteroatoms. The van der Waals surface area contributed by atoms with Crippen LogP contribution in [0.1, 0.15) is 73.3 Å². The van der Waals surface area contributed by atoms with Crippen molar-refractivity contribution in [1.29, 1.82) is 0 Å². The molecule has 6 rings (SSSR count). The molecule has 2 N–H and O–H groups in total. The number of pyridine rings is 1. The Labute approximate surface area is 256 Å². The molecule has 3 saturated heterocycles. The number of rotatable bonds is 5. The lowest BCUT2D eigenvalue weighted by molar-refractivity contribution is -0.0398. The largest absolute Gasteiger partial charge is 0.465 e. The van der Waals surface area contributed by atoms with Gasteiger partial charge < -0.3 is 29.5 Å². The first kappa shape index (κ1) is 29.8. The number of piperazine rings is 1. The number of nitrogens with one attached hydrogen (secondary N) is 1. The van der Waals surface area contributed by atoms with Gasteiger partial charge in [-0.3, -0.25) is 14.5 Å². The van der Waals surface area contributed by atoms with E-state index in [1.807, 2.05) is 31.4 Å². The Morgan fingerprint density at radius 3 is 2.55 bits per heavy atom. The van der Waals surface area contributed by atoms with Crippen LogP contribution in [0.5, 0.6) is 0 Å². The summed E-state index contributed by atoms with van der Waals surface area (Å²) in [5.41, 5.74) is 0.631. The van der Waals surface area contributed by atoms with Gasteiger partial charge in [-0.1, -0.05) is 20.8 Å². The predicted molar refractivity (Wildman–Crippen MR) is 163 cm³/mol. The van der Waals surface area contributed by atoms with Gasteiger partial charge in [0.15, 0.2) is 0 Å². The minimum atomic E-state index is -0.924. The molecule has 3 aromatic rings. The van der Waals surface area contributed by atoms with Crippen molar-refractivity contribution in [2.75, 3.05) is 45.7 Å². The van der Waals surface area contributed by atoms with Gasteiger partial charge in [-0.25, -0.2) is 14.8 Å². The molecule has 0 saturated carbocycles. The minimum Gasteiger partial charge on any atom is -0.465 e. The summed E-state index contributed by atoms with van der Waals surface area (Å²) in [4.78, 5) is 57.4. The number of hydrogen-bond donors (Lipinski definition) is 2. The topological polar surface area (TPSA) is 146 Å². The van der Waals surface area contributed by atoms with Crippen molar-refractivity contribution in [3.8, 4) is 0 Å². The van der Waals surface area contributed by atoms with Crippen LogP contribution in [-0.2, 0) is 4.74 Å². The second kappa shape index (κ2) is 11.0. The van der Waals surface area contributed by atoms with E-state index in [-0.39, 0.29) is 29.3 Å². The maximum atomic E-state index is 13.6. The Balaban J connectivity index is 1.22. The smallest absolute Gasteiger partial charge is 0.408 e. The van der Waals surface area contributed by atoms with Gasteiger partial charge in [0.05, 0.1) is 29.8 Å². The van der Waals surface area contributed by atoms with Crippen molar-refractivity contribution in [1.82, 2.24) is 34.2 Å². The fraction of sp³-hybridized carbons (Fsp3) is 0.548. The van der Waals surface area contributed by atoms with Crippen LogP contribution in [0.4, 0.5) is 16.6 Å². The zero-order chi connectivity index (χ0) is 31.4. The summed E-state index contributed by atoms with van der Waals surface area (Å²) < 4.78 is 7.69. The molecule has 3 atom stereocenters. The fourth-order valence-electron chi connectivity index (χ4n) is 7.09. The summed E-state index contributed by atoms with van der Waals surface area (Å²) in [6, 6.07) is 4.99. The highest BCUT2D eigenvalue weighted by Gasteiger charge is 2.59. The van der Waals surface area contributed by atoms with E-state index >= 15 is 0 Å². The lowest BCUT2D eigenvalue weighted by atomic mass is 9.71. The van der Waals surface area contributed by atoms with Crippen LogP contribution < -0.4 is 5.32 Å². The molecule has 3 amide bonds. The van der Waals surface area contributed by atoms with Crippen molar-refractivity contribution in [3.63, 3.8) is 0 Å². The van der Waals surface area contributed by atoms with E-state index in [4.69, 9.17) is 9.72 Å². The van der Waals surface area contributed by atoms with Gasteiger partial charge in [-0.2, -0.15) is 4.98 Å². The molecule has 3 fully saturated rings. The fourth-order valence-corrected chi connectivity index (χ4v) is 7.09. The molecule has 0 spiro atoms. The van der Waals surface area contributed by atoms with Crippen LogP contribution in [0.3, 0.4) is 0 Å². The maximum Gasteiger partial charge on any atom is 0.408 e. The molecule has 0 aliphatic carbocycles. The third-order valence-corrected chi connectivity index (χ3v) is 9.44. The maximum absolute atomic E-state index is 13.6. The molecule has 3 aromatic heterocycles. The van der Waals surface area contributed by atoms with E-state index in [9.17, 15) is 19.5 Å². The number of nitrogens with zero attached hydrogens (tertiary/aromatic N) is 7. The first-order valence-corrected chi connectivity index (χ1v) is 15.1. The van der Waals surface area contributed by atoms with E-state index in [2.05, 4.69) is 15.3 Å². The van der Waals surface area contributed by atoms with Gasteiger partial charge in [-0.05, 0) is 49.3 Å². The van der Waals surface area contributed by atoms with Gasteiger partial charge in [-0.15, -0.1) is 0 Å². The Bertz CT molecular complexity index is 1590. The molecule has 3 aliphatic heterocycles. The minimum absolute atomic E-state index is 0.0173. The summed E-state index contributed by atoms with van der Waals surface area (Å²) in [7, 11) is 3.45. The van der Waals surface area contributed by atoms with E-state index in [1.54, 1.807) is 47.1 Å². The molecular weight excluding hydrogens is 564 g/mol. The highest BCUT2D eigenvalue weighted by Crippen LogP contribution is 2.49. The average Bonchev–Trinajstić information content (AvgIpc) is 3.49. The third kappa shape index (κ3) is 5.02. The lowest BCUT2D eigenvalue weighted by Gasteiger charge is -2.54. The first-order chi connectivity index (χ1) is 20.9. The molecule has 2 bridgehead atoms. The second-order valence-corrected chi connectivity index (χ2v) is 13.3. The highest BCUT2D eigenvalue weighted by molar-refractivity contribution is 5.98. The molecule has 0 aromatic carbocycles. The number of aromatic nitrogens is 4. The van der Waals surface area contributed by atoms with E-state index in [0.717, 1.165) is 31.1 Å². The van der Waals surface area contributed by atoms with Crippen molar-refractivity contribution in [2.24, 2.45) is 5.41 Å². The molecule has 3 unspecified atom stereocenters. The predicted octanol–water partition coefficient (Wildman–Crippen LogP) is 4.01. The number of anilines is 2. The van der Waals surface area contributed by atoms with Crippen molar-refractivity contribution in [2.45, 2.75) is 64.1 Å². The van der Waals surface area contributed by atoms with Crippen LogP contribution in [0.25, 0.3) is 11.0 Å². The third-order valence-electron chi connectivity index (χ3n) is 9.44. The van der Waals surface area contributed by atoms with Crippen molar-refractivity contribution >= 4 is 40.7 Å². The van der Waals surface area contributed by atoms with Crippen molar-refractivity contribution < 1.29 is 24.2 Å². The first-order valence-electron chi connectivity index (χ1n) is 15.1. The summed E-state index contributed by atoms with van der Waals surface area (Å²) in [5.74, 6) is 0.498. The van der Waals surface area contributed by atoms with Gasteiger partial charge in [0.25, 0.3) is 11.8 Å². The Kier molecular flexibility index (Phi) is 7.47. The second-order valence-electron chi connectivity index (χ2n) is 13.3. The molecule has 234 valence electrons. The van der Waals surface area contributed by atoms with Crippen LogP contribution in [0, 0.1) is 5.41 Å². The van der Waals surface area contributed by atoms with Crippen LogP contribution in [0.2, 0.25) is 0 Å².